The summed E-state index contributed by atoms with van der Waals surface area (Å²) in [4.78, 5) is 19.3. The maximum atomic E-state index is 12.8. The zero-order valence-corrected chi connectivity index (χ0v) is 14.0. The summed E-state index contributed by atoms with van der Waals surface area (Å²) in [6.45, 7) is 8.90. The molecule has 0 bridgehead atoms. The normalized spacial score (nSPS) is 22.3. The van der Waals surface area contributed by atoms with Crippen LogP contribution in [0.4, 0.5) is 0 Å². The van der Waals surface area contributed by atoms with E-state index in [1.54, 1.807) is 6.33 Å². The van der Waals surface area contributed by atoms with E-state index in [9.17, 15) is 4.79 Å². The van der Waals surface area contributed by atoms with E-state index in [1.807, 2.05) is 4.57 Å². The van der Waals surface area contributed by atoms with Crippen LogP contribution in [0.5, 0.6) is 0 Å². The van der Waals surface area contributed by atoms with Gasteiger partial charge in [-0.1, -0.05) is 0 Å². The van der Waals surface area contributed by atoms with Crippen LogP contribution in [0.2, 0.25) is 0 Å². The number of carbonyl (C=O) groups excluding carboxylic acids is 1. The third-order valence-corrected chi connectivity index (χ3v) is 5.02. The second-order valence-corrected chi connectivity index (χ2v) is 6.73. The zero-order chi connectivity index (χ0) is 15.9. The lowest BCUT2D eigenvalue weighted by Gasteiger charge is -2.39. The molecule has 0 spiro atoms. The molecular weight excluding hydrogens is 274 g/mol. The fraction of sp³-hybridized carbons (Fsp3) is 0.556. The first-order valence-corrected chi connectivity index (χ1v) is 8.20. The van der Waals surface area contributed by atoms with Crippen LogP contribution >= 0.6 is 0 Å². The van der Waals surface area contributed by atoms with E-state index in [4.69, 9.17) is 0 Å². The Hall–Kier alpha value is -1.84. The quantitative estimate of drug-likeness (QED) is 0.852. The van der Waals surface area contributed by atoms with Crippen molar-refractivity contribution in [2.75, 3.05) is 0 Å². The molecule has 2 atom stereocenters. The van der Waals surface area contributed by atoms with Crippen molar-refractivity contribution in [1.82, 2.24) is 14.5 Å². The highest BCUT2D eigenvalue weighted by Crippen LogP contribution is 2.24. The lowest BCUT2D eigenvalue weighted by atomic mass is 9.97. The second-order valence-electron chi connectivity index (χ2n) is 6.73. The summed E-state index contributed by atoms with van der Waals surface area (Å²) in [5, 5.41) is 0. The van der Waals surface area contributed by atoms with Crippen LogP contribution < -0.4 is 0 Å². The summed E-state index contributed by atoms with van der Waals surface area (Å²) in [6.07, 6.45) is 5.23. The predicted molar refractivity (Wildman–Crippen MR) is 88.8 cm³/mol. The molecule has 1 aromatic carbocycles. The average molecular weight is 299 g/mol. The number of benzene rings is 1. The molecule has 1 aromatic heterocycles. The Labute approximate surface area is 132 Å². The lowest BCUT2D eigenvalue weighted by molar-refractivity contribution is -0.137. The highest BCUT2D eigenvalue weighted by atomic mass is 16.2. The van der Waals surface area contributed by atoms with Crippen LogP contribution in [-0.2, 0) is 11.3 Å². The molecular formula is C18H25N3O. The molecule has 0 N–H and O–H groups in total. The SMILES string of the molecule is Cc1cc2ncn(CC(=O)N3[C@@H](C)CCC[C@@H]3C)c2cc1C. The van der Waals surface area contributed by atoms with Crippen molar-refractivity contribution >= 4 is 16.9 Å². The van der Waals surface area contributed by atoms with Gasteiger partial charge in [0.05, 0.1) is 17.4 Å². The number of rotatable bonds is 2. The van der Waals surface area contributed by atoms with Crippen molar-refractivity contribution in [3.05, 3.63) is 29.6 Å². The number of imidazole rings is 1. The van der Waals surface area contributed by atoms with E-state index < -0.39 is 0 Å². The van der Waals surface area contributed by atoms with Gasteiger partial charge < -0.3 is 9.47 Å². The van der Waals surface area contributed by atoms with Gasteiger partial charge in [-0.15, -0.1) is 0 Å². The molecule has 3 rings (SSSR count). The molecule has 22 heavy (non-hydrogen) atoms. The highest BCUT2D eigenvalue weighted by Gasteiger charge is 2.29. The van der Waals surface area contributed by atoms with E-state index in [2.05, 4.69) is 49.7 Å². The minimum atomic E-state index is 0.206. The second kappa shape index (κ2) is 5.75. The Morgan fingerprint density at radius 2 is 1.82 bits per heavy atom. The highest BCUT2D eigenvalue weighted by molar-refractivity contribution is 5.82. The van der Waals surface area contributed by atoms with E-state index in [0.717, 1.165) is 23.9 Å². The number of aryl methyl sites for hydroxylation is 2. The van der Waals surface area contributed by atoms with Gasteiger partial charge in [-0.2, -0.15) is 0 Å². The third kappa shape index (κ3) is 2.62. The Bertz CT molecular complexity index is 694. The standard InChI is InChI=1S/C18H25N3O/c1-12-8-16-17(9-13(12)2)20(11-19-16)10-18(22)21-14(3)6-5-7-15(21)4/h8-9,11,14-15H,5-7,10H2,1-4H3/t14-,15-/m0/s1. The van der Waals surface area contributed by atoms with E-state index >= 15 is 0 Å². The molecule has 2 aromatic rings. The number of hydrogen-bond donors (Lipinski definition) is 0. The van der Waals surface area contributed by atoms with E-state index in [1.165, 1.54) is 17.5 Å². The third-order valence-electron chi connectivity index (χ3n) is 5.02. The number of fused-ring (bicyclic) bond motifs is 1. The van der Waals surface area contributed by atoms with Crippen LogP contribution in [0.3, 0.4) is 0 Å². The summed E-state index contributed by atoms with van der Waals surface area (Å²) in [5.41, 5.74) is 4.49. The molecule has 0 unspecified atom stereocenters. The fourth-order valence-electron chi connectivity index (χ4n) is 3.58. The maximum absolute atomic E-state index is 12.8. The van der Waals surface area contributed by atoms with Gasteiger partial charge >= 0.3 is 0 Å². The largest absolute Gasteiger partial charge is 0.336 e. The maximum Gasteiger partial charge on any atom is 0.243 e. The molecule has 0 radical (unpaired) electrons. The molecule has 118 valence electrons. The van der Waals surface area contributed by atoms with Crippen molar-refractivity contribution in [1.29, 1.82) is 0 Å². The van der Waals surface area contributed by atoms with Gasteiger partial charge in [0.25, 0.3) is 0 Å². The van der Waals surface area contributed by atoms with Gasteiger partial charge in [-0.3, -0.25) is 4.79 Å². The number of hydrogen-bond acceptors (Lipinski definition) is 2. The van der Waals surface area contributed by atoms with E-state index in [-0.39, 0.29) is 5.91 Å². The number of nitrogens with zero attached hydrogens (tertiary/aromatic N) is 3. The molecule has 0 saturated carbocycles. The molecule has 2 heterocycles. The van der Waals surface area contributed by atoms with Gasteiger partial charge in [0.2, 0.25) is 5.91 Å². The number of piperidine rings is 1. The van der Waals surface area contributed by atoms with Gasteiger partial charge in [0.15, 0.2) is 0 Å². The van der Waals surface area contributed by atoms with Crippen molar-refractivity contribution < 1.29 is 4.79 Å². The van der Waals surface area contributed by atoms with Crippen molar-refractivity contribution in [3.8, 4) is 0 Å². The van der Waals surface area contributed by atoms with Crippen LogP contribution in [-0.4, -0.2) is 32.4 Å². The van der Waals surface area contributed by atoms with Gasteiger partial charge in [-0.25, -0.2) is 4.98 Å². The predicted octanol–water partition coefficient (Wildman–Crippen LogP) is 3.44. The minimum Gasteiger partial charge on any atom is -0.336 e. The summed E-state index contributed by atoms with van der Waals surface area (Å²) < 4.78 is 1.98. The van der Waals surface area contributed by atoms with E-state index in [0.29, 0.717) is 18.6 Å². The summed E-state index contributed by atoms with van der Waals surface area (Å²) >= 11 is 0. The number of amides is 1. The fourth-order valence-corrected chi connectivity index (χ4v) is 3.58. The molecule has 4 nitrogen and oxygen atoms in total. The molecule has 4 heteroatoms. The number of likely N-dealkylation sites (tertiary alicyclic amines) is 1. The van der Waals surface area contributed by atoms with Crippen molar-refractivity contribution in [2.24, 2.45) is 0 Å². The zero-order valence-electron chi connectivity index (χ0n) is 14.0. The summed E-state index contributed by atoms with van der Waals surface area (Å²) in [7, 11) is 0. The number of carbonyl (C=O) groups is 1. The minimum absolute atomic E-state index is 0.206. The molecule has 0 aliphatic carbocycles. The average Bonchev–Trinajstić information content (AvgIpc) is 2.81. The first kappa shape index (κ1) is 15.1. The molecule has 1 amide bonds. The Kier molecular flexibility index (Phi) is 3.94. The van der Waals surface area contributed by atoms with Gasteiger partial charge in [-0.05, 0) is 70.2 Å². The van der Waals surface area contributed by atoms with Crippen LogP contribution in [0.15, 0.2) is 18.5 Å². The Morgan fingerprint density at radius 3 is 2.50 bits per heavy atom. The van der Waals surface area contributed by atoms with Gasteiger partial charge in [0, 0.05) is 12.1 Å². The first-order chi connectivity index (χ1) is 10.5. The molecule has 1 fully saturated rings. The molecule has 1 saturated heterocycles. The van der Waals surface area contributed by atoms with Crippen molar-refractivity contribution in [3.63, 3.8) is 0 Å². The van der Waals surface area contributed by atoms with Crippen LogP contribution in [0.25, 0.3) is 11.0 Å². The molecule has 1 aliphatic rings. The smallest absolute Gasteiger partial charge is 0.243 e. The van der Waals surface area contributed by atoms with Crippen LogP contribution in [0, 0.1) is 13.8 Å². The summed E-state index contributed by atoms with van der Waals surface area (Å²) in [6, 6.07) is 4.91. The molecule has 1 aliphatic heterocycles. The number of aromatic nitrogens is 2. The lowest BCUT2D eigenvalue weighted by Crippen LogP contribution is -2.48. The Balaban J connectivity index is 1.86. The first-order valence-electron chi connectivity index (χ1n) is 8.20. The topological polar surface area (TPSA) is 38.1 Å². The van der Waals surface area contributed by atoms with Crippen LogP contribution in [0.1, 0.15) is 44.2 Å². The summed E-state index contributed by atoms with van der Waals surface area (Å²) in [5.74, 6) is 0.206. The van der Waals surface area contributed by atoms with Crippen molar-refractivity contribution in [2.45, 2.75) is 65.6 Å². The Morgan fingerprint density at radius 1 is 1.18 bits per heavy atom. The van der Waals surface area contributed by atoms with Gasteiger partial charge in [0.1, 0.15) is 6.54 Å². The monoisotopic (exact) mass is 299 g/mol.